The van der Waals surface area contributed by atoms with Crippen molar-refractivity contribution < 1.29 is 29.1 Å². The highest BCUT2D eigenvalue weighted by Gasteiger charge is 2.28. The quantitative estimate of drug-likeness (QED) is 0.333. The molecule has 0 aromatic heterocycles. The molecular weight excluding hydrogens is 332 g/mol. The standard InChI is InChI=1S/C15H26N4O6/c1-7(2)12(14(23)18-9(4)15(24)25)19-13(22)8(3)17-11(21)6-16-10(5)20/h7-9,12H,6H2,1-5H3,(H,16,20)(H,17,21)(H,18,23)(H,19,22)(H,24,25)/t8-,9-,12-/m0/s1. The fraction of sp³-hybridized carbons (Fsp3) is 0.667. The molecule has 3 atom stereocenters. The topological polar surface area (TPSA) is 154 Å². The zero-order valence-electron chi connectivity index (χ0n) is 15.0. The highest BCUT2D eigenvalue weighted by atomic mass is 16.4. The molecular formula is C15H26N4O6. The highest BCUT2D eigenvalue weighted by Crippen LogP contribution is 2.03. The van der Waals surface area contributed by atoms with Gasteiger partial charge in [0, 0.05) is 6.92 Å². The number of hydrogen-bond donors (Lipinski definition) is 5. The van der Waals surface area contributed by atoms with Gasteiger partial charge >= 0.3 is 5.97 Å². The summed E-state index contributed by atoms with van der Waals surface area (Å²) in [6.45, 7) is 7.11. The SMILES string of the molecule is CC(=O)NCC(=O)N[C@@H](C)C(=O)N[C@H](C(=O)N[C@@H](C)C(=O)O)C(C)C. The Morgan fingerprint density at radius 2 is 1.40 bits per heavy atom. The van der Waals surface area contributed by atoms with Gasteiger partial charge in [0.1, 0.15) is 18.1 Å². The van der Waals surface area contributed by atoms with Crippen molar-refractivity contribution in [3.05, 3.63) is 0 Å². The molecule has 0 aliphatic carbocycles. The van der Waals surface area contributed by atoms with Crippen molar-refractivity contribution >= 4 is 29.6 Å². The first kappa shape index (κ1) is 22.4. The summed E-state index contributed by atoms with van der Waals surface area (Å²) in [6, 6.07) is -2.99. The number of rotatable bonds is 9. The van der Waals surface area contributed by atoms with Crippen LogP contribution >= 0.6 is 0 Å². The summed E-state index contributed by atoms with van der Waals surface area (Å²) in [4.78, 5) is 57.4. The third kappa shape index (κ3) is 8.68. The molecule has 0 radical (unpaired) electrons. The average molecular weight is 358 g/mol. The van der Waals surface area contributed by atoms with Gasteiger partial charge in [-0.1, -0.05) is 13.8 Å². The van der Waals surface area contributed by atoms with Gasteiger partial charge in [-0.2, -0.15) is 0 Å². The number of carboxylic acid groups (broad SMARTS) is 1. The maximum atomic E-state index is 12.1. The number of nitrogens with one attached hydrogen (secondary N) is 4. The van der Waals surface area contributed by atoms with E-state index in [2.05, 4.69) is 21.3 Å². The Labute approximate surface area is 146 Å². The van der Waals surface area contributed by atoms with E-state index in [0.717, 1.165) is 0 Å². The lowest BCUT2D eigenvalue weighted by molar-refractivity contribution is -0.142. The van der Waals surface area contributed by atoms with E-state index in [-0.39, 0.29) is 18.4 Å². The van der Waals surface area contributed by atoms with Gasteiger partial charge in [-0.25, -0.2) is 0 Å². The van der Waals surface area contributed by atoms with Gasteiger partial charge in [0.15, 0.2) is 0 Å². The number of amides is 4. The minimum Gasteiger partial charge on any atom is -0.480 e. The van der Waals surface area contributed by atoms with Gasteiger partial charge in [0.2, 0.25) is 23.6 Å². The highest BCUT2D eigenvalue weighted by molar-refractivity contribution is 5.93. The van der Waals surface area contributed by atoms with E-state index >= 15 is 0 Å². The van der Waals surface area contributed by atoms with Crippen LogP contribution in [0.5, 0.6) is 0 Å². The summed E-state index contributed by atoms with van der Waals surface area (Å²) in [5, 5.41) is 18.3. The molecule has 0 fully saturated rings. The molecule has 25 heavy (non-hydrogen) atoms. The Morgan fingerprint density at radius 1 is 0.840 bits per heavy atom. The maximum absolute atomic E-state index is 12.1. The number of carboxylic acids is 1. The summed E-state index contributed by atoms with van der Waals surface area (Å²) in [5.74, 6) is -3.66. The lowest BCUT2D eigenvalue weighted by Gasteiger charge is -2.24. The van der Waals surface area contributed by atoms with Crippen molar-refractivity contribution in [3.8, 4) is 0 Å². The van der Waals surface area contributed by atoms with Gasteiger partial charge in [-0.15, -0.1) is 0 Å². The van der Waals surface area contributed by atoms with E-state index in [1.807, 2.05) is 0 Å². The molecule has 0 bridgehead atoms. The van der Waals surface area contributed by atoms with Gasteiger partial charge in [0.05, 0.1) is 6.54 Å². The van der Waals surface area contributed by atoms with Crippen LogP contribution in [0.25, 0.3) is 0 Å². The van der Waals surface area contributed by atoms with Crippen LogP contribution in [0.4, 0.5) is 0 Å². The molecule has 10 nitrogen and oxygen atoms in total. The maximum Gasteiger partial charge on any atom is 0.325 e. The second kappa shape index (κ2) is 10.3. The molecule has 4 amide bonds. The third-order valence-electron chi connectivity index (χ3n) is 3.24. The number of carbonyl (C=O) groups excluding carboxylic acids is 4. The van der Waals surface area contributed by atoms with Crippen LogP contribution in [0.3, 0.4) is 0 Å². The third-order valence-corrected chi connectivity index (χ3v) is 3.24. The van der Waals surface area contributed by atoms with Crippen LogP contribution < -0.4 is 21.3 Å². The summed E-state index contributed by atoms with van der Waals surface area (Å²) in [6.07, 6.45) is 0. The van der Waals surface area contributed by atoms with Crippen LogP contribution in [-0.4, -0.2) is 59.4 Å². The van der Waals surface area contributed by atoms with Crippen molar-refractivity contribution in [2.45, 2.75) is 52.7 Å². The molecule has 0 unspecified atom stereocenters. The molecule has 0 heterocycles. The monoisotopic (exact) mass is 358 g/mol. The molecule has 0 aliphatic heterocycles. The normalized spacial score (nSPS) is 14.0. The fourth-order valence-corrected chi connectivity index (χ4v) is 1.74. The first-order chi connectivity index (χ1) is 11.5. The Bertz CT molecular complexity index is 534. The van der Waals surface area contributed by atoms with Gasteiger partial charge in [-0.3, -0.25) is 24.0 Å². The Balaban J connectivity index is 4.72. The van der Waals surface area contributed by atoms with Gasteiger partial charge in [0.25, 0.3) is 0 Å². The van der Waals surface area contributed by atoms with Crippen molar-refractivity contribution in [2.24, 2.45) is 5.92 Å². The van der Waals surface area contributed by atoms with E-state index in [4.69, 9.17) is 5.11 Å². The Hall–Kier alpha value is -2.65. The minimum atomic E-state index is -1.19. The van der Waals surface area contributed by atoms with Crippen LogP contribution in [-0.2, 0) is 24.0 Å². The molecule has 0 aromatic carbocycles. The van der Waals surface area contributed by atoms with E-state index in [1.165, 1.54) is 20.8 Å². The van der Waals surface area contributed by atoms with Crippen molar-refractivity contribution in [2.75, 3.05) is 6.54 Å². The van der Waals surface area contributed by atoms with Crippen LogP contribution in [0.2, 0.25) is 0 Å². The minimum absolute atomic E-state index is 0.267. The number of carbonyl (C=O) groups is 5. The largest absolute Gasteiger partial charge is 0.480 e. The molecule has 0 saturated heterocycles. The van der Waals surface area contributed by atoms with E-state index in [9.17, 15) is 24.0 Å². The zero-order valence-corrected chi connectivity index (χ0v) is 15.0. The first-order valence-corrected chi connectivity index (χ1v) is 7.83. The second-order valence-corrected chi connectivity index (χ2v) is 6.00. The molecule has 142 valence electrons. The molecule has 5 N–H and O–H groups in total. The average Bonchev–Trinajstić information content (AvgIpc) is 2.49. The predicted octanol–water partition coefficient (Wildman–Crippen LogP) is -1.64. The summed E-state index contributed by atoms with van der Waals surface area (Å²) in [5.41, 5.74) is 0. The van der Waals surface area contributed by atoms with E-state index < -0.39 is 41.8 Å². The van der Waals surface area contributed by atoms with E-state index in [0.29, 0.717) is 0 Å². The Morgan fingerprint density at radius 3 is 1.84 bits per heavy atom. The molecule has 0 aliphatic rings. The fourth-order valence-electron chi connectivity index (χ4n) is 1.74. The summed E-state index contributed by atoms with van der Waals surface area (Å²) < 4.78 is 0. The number of hydrogen-bond acceptors (Lipinski definition) is 5. The molecule has 0 saturated carbocycles. The molecule has 10 heteroatoms. The smallest absolute Gasteiger partial charge is 0.325 e. The number of aliphatic carboxylic acids is 1. The second-order valence-electron chi connectivity index (χ2n) is 6.00. The van der Waals surface area contributed by atoms with E-state index in [1.54, 1.807) is 13.8 Å². The van der Waals surface area contributed by atoms with Crippen molar-refractivity contribution in [1.82, 2.24) is 21.3 Å². The van der Waals surface area contributed by atoms with Crippen molar-refractivity contribution in [1.29, 1.82) is 0 Å². The lowest BCUT2D eigenvalue weighted by Crippen LogP contribution is -2.56. The van der Waals surface area contributed by atoms with Gasteiger partial charge in [-0.05, 0) is 19.8 Å². The van der Waals surface area contributed by atoms with Crippen LogP contribution in [0, 0.1) is 5.92 Å². The Kier molecular flexibility index (Phi) is 9.18. The molecule has 0 aromatic rings. The van der Waals surface area contributed by atoms with Gasteiger partial charge < -0.3 is 26.4 Å². The van der Waals surface area contributed by atoms with Crippen LogP contribution in [0.15, 0.2) is 0 Å². The zero-order chi connectivity index (χ0) is 19.7. The molecule has 0 rings (SSSR count). The molecule has 0 spiro atoms. The summed E-state index contributed by atoms with van der Waals surface area (Å²) >= 11 is 0. The predicted molar refractivity (Wildman–Crippen MR) is 88.3 cm³/mol. The first-order valence-electron chi connectivity index (χ1n) is 7.83. The summed E-state index contributed by atoms with van der Waals surface area (Å²) in [7, 11) is 0. The van der Waals surface area contributed by atoms with Crippen LogP contribution in [0.1, 0.15) is 34.6 Å². The van der Waals surface area contributed by atoms with Crippen molar-refractivity contribution in [3.63, 3.8) is 0 Å². The lowest BCUT2D eigenvalue weighted by atomic mass is 10.0.